The van der Waals surface area contributed by atoms with Gasteiger partial charge in [0.15, 0.2) is 16.6 Å². The molecule has 1 aromatic heterocycles. The van der Waals surface area contributed by atoms with Gasteiger partial charge in [0.25, 0.3) is 5.92 Å². The Bertz CT molecular complexity index is 909. The number of hydrogen-bond donors (Lipinski definition) is 2. The molecule has 4 rings (SSSR count). The van der Waals surface area contributed by atoms with Crippen LogP contribution in [0.25, 0.3) is 10.2 Å². The molecule has 2 aromatic rings. The van der Waals surface area contributed by atoms with Crippen molar-refractivity contribution >= 4 is 32.6 Å². The first-order chi connectivity index (χ1) is 13.6. The highest BCUT2D eigenvalue weighted by Gasteiger charge is 2.45. The Morgan fingerprint density at radius 2 is 2.07 bits per heavy atom. The zero-order valence-corrected chi connectivity index (χ0v) is 15.9. The first kappa shape index (κ1) is 20.1. The topological polar surface area (TPSA) is 83.9 Å². The lowest BCUT2D eigenvalue weighted by molar-refractivity contribution is -0.286. The predicted molar refractivity (Wildman–Crippen MR) is 95.6 cm³/mol. The fourth-order valence-electron chi connectivity index (χ4n) is 3.35. The van der Waals surface area contributed by atoms with Gasteiger partial charge in [0, 0.05) is 31.6 Å². The van der Waals surface area contributed by atoms with E-state index in [0.717, 1.165) is 11.3 Å². The Labute approximate surface area is 166 Å². The van der Waals surface area contributed by atoms with Crippen molar-refractivity contribution in [3.63, 3.8) is 0 Å². The number of halogens is 4. The fourth-order valence-corrected chi connectivity index (χ4v) is 4.23. The Morgan fingerprint density at radius 1 is 1.38 bits per heavy atom. The highest BCUT2D eigenvalue weighted by molar-refractivity contribution is 7.22. The van der Waals surface area contributed by atoms with Gasteiger partial charge < -0.3 is 19.9 Å². The standard InChI is InChI=1S/C17H17F4N3O4S/c1-8(24-3-2-16(18,19)9(6-24)7-25)14(26)23-15-22-10-4-11-12(5-13(10)29-15)28-17(20,21)27-11/h4-5,8-9,25H,2-3,6-7H2,1H3,(H,22,23,26)/t8-,9?/m0/s1. The summed E-state index contributed by atoms with van der Waals surface area (Å²) in [5.74, 6) is -4.91. The number of carbonyl (C=O) groups excluding carboxylic acids is 1. The smallest absolute Gasteiger partial charge is 0.396 e. The van der Waals surface area contributed by atoms with E-state index >= 15 is 0 Å². The Morgan fingerprint density at radius 3 is 2.76 bits per heavy atom. The van der Waals surface area contributed by atoms with E-state index in [4.69, 9.17) is 0 Å². The number of fused-ring (bicyclic) bond motifs is 2. The second kappa shape index (κ2) is 6.96. The van der Waals surface area contributed by atoms with Crippen molar-refractivity contribution in [2.24, 2.45) is 5.92 Å². The molecule has 0 spiro atoms. The number of piperidine rings is 1. The van der Waals surface area contributed by atoms with Crippen molar-refractivity contribution in [1.82, 2.24) is 9.88 Å². The van der Waals surface area contributed by atoms with Crippen LogP contribution in [0.15, 0.2) is 12.1 Å². The van der Waals surface area contributed by atoms with Gasteiger partial charge in [-0.2, -0.15) is 0 Å². The van der Waals surface area contributed by atoms with Crippen LogP contribution < -0.4 is 14.8 Å². The van der Waals surface area contributed by atoms with Gasteiger partial charge in [-0.3, -0.25) is 9.69 Å². The molecule has 0 saturated carbocycles. The summed E-state index contributed by atoms with van der Waals surface area (Å²) in [5.41, 5.74) is 0.343. The van der Waals surface area contributed by atoms with Gasteiger partial charge in [-0.15, -0.1) is 8.78 Å². The van der Waals surface area contributed by atoms with Gasteiger partial charge in [-0.25, -0.2) is 13.8 Å². The van der Waals surface area contributed by atoms with E-state index in [1.165, 1.54) is 12.1 Å². The number of ether oxygens (including phenoxy) is 2. The number of benzene rings is 1. The SMILES string of the molecule is C[C@@H](C(=O)Nc1nc2cc3c(cc2s1)OC(F)(F)O3)N1CCC(F)(F)C(CO)C1. The number of aliphatic hydroxyl groups is 1. The van der Waals surface area contributed by atoms with E-state index in [0.29, 0.717) is 10.2 Å². The lowest BCUT2D eigenvalue weighted by Crippen LogP contribution is -2.54. The van der Waals surface area contributed by atoms with Gasteiger partial charge >= 0.3 is 6.29 Å². The molecule has 2 atom stereocenters. The summed E-state index contributed by atoms with van der Waals surface area (Å²) in [5, 5.41) is 12.1. The Balaban J connectivity index is 1.45. The number of alkyl halides is 4. The van der Waals surface area contributed by atoms with Gasteiger partial charge in [0.05, 0.1) is 28.8 Å². The van der Waals surface area contributed by atoms with Gasteiger partial charge in [-0.1, -0.05) is 11.3 Å². The molecule has 29 heavy (non-hydrogen) atoms. The Hall–Kier alpha value is -2.18. The number of thiazole rings is 1. The van der Waals surface area contributed by atoms with Crippen LogP contribution in [0.5, 0.6) is 11.5 Å². The molecule has 7 nitrogen and oxygen atoms in total. The number of nitrogens with one attached hydrogen (secondary N) is 1. The molecule has 3 heterocycles. The van der Waals surface area contributed by atoms with Gasteiger partial charge in [0.2, 0.25) is 5.91 Å². The van der Waals surface area contributed by atoms with Crippen LogP contribution in [0.2, 0.25) is 0 Å². The number of rotatable bonds is 4. The highest BCUT2D eigenvalue weighted by Crippen LogP contribution is 2.44. The van der Waals surface area contributed by atoms with Crippen LogP contribution in [0.1, 0.15) is 13.3 Å². The van der Waals surface area contributed by atoms with Crippen molar-refractivity contribution in [2.45, 2.75) is 31.6 Å². The normalized spacial score (nSPS) is 23.9. The van der Waals surface area contributed by atoms with Crippen molar-refractivity contribution in [1.29, 1.82) is 0 Å². The summed E-state index contributed by atoms with van der Waals surface area (Å²) in [6.07, 6.45) is -4.16. The number of carbonyl (C=O) groups is 1. The molecule has 2 N–H and O–H groups in total. The molecule has 0 aliphatic carbocycles. The molecule has 1 fully saturated rings. The van der Waals surface area contributed by atoms with Crippen LogP contribution in [0.4, 0.5) is 22.7 Å². The van der Waals surface area contributed by atoms with Crippen LogP contribution in [-0.2, 0) is 4.79 Å². The quantitative estimate of drug-likeness (QED) is 0.719. The highest BCUT2D eigenvalue weighted by atomic mass is 32.1. The average Bonchev–Trinajstić information content (AvgIpc) is 3.15. The van der Waals surface area contributed by atoms with E-state index in [9.17, 15) is 27.5 Å². The molecule has 1 unspecified atom stereocenters. The fraction of sp³-hybridized carbons (Fsp3) is 0.529. The maximum Gasteiger partial charge on any atom is 0.586 e. The number of anilines is 1. The molecule has 12 heteroatoms. The minimum absolute atomic E-state index is 0.0214. The van der Waals surface area contributed by atoms with Crippen LogP contribution >= 0.6 is 11.3 Å². The molecular formula is C17H17F4N3O4S. The summed E-state index contributed by atoms with van der Waals surface area (Å²) in [4.78, 5) is 18.3. The monoisotopic (exact) mass is 435 g/mol. The molecule has 1 amide bonds. The third-order valence-electron chi connectivity index (χ3n) is 5.07. The molecule has 158 valence electrons. The van der Waals surface area contributed by atoms with Crippen LogP contribution in [-0.4, -0.2) is 58.9 Å². The van der Waals surface area contributed by atoms with Crippen LogP contribution in [0, 0.1) is 5.92 Å². The summed E-state index contributed by atoms with van der Waals surface area (Å²) < 4.78 is 63.0. The minimum Gasteiger partial charge on any atom is -0.396 e. The number of likely N-dealkylation sites (tertiary alicyclic amines) is 1. The second-order valence-electron chi connectivity index (χ2n) is 7.00. The third kappa shape index (κ3) is 3.83. The van der Waals surface area contributed by atoms with E-state index in [-0.39, 0.29) is 29.7 Å². The Kier molecular flexibility index (Phi) is 4.82. The first-order valence-electron chi connectivity index (χ1n) is 8.82. The van der Waals surface area contributed by atoms with Gasteiger partial charge in [-0.05, 0) is 6.92 Å². The van der Waals surface area contributed by atoms with Gasteiger partial charge in [0.1, 0.15) is 0 Å². The largest absolute Gasteiger partial charge is 0.586 e. The molecule has 1 aromatic carbocycles. The summed E-state index contributed by atoms with van der Waals surface area (Å²) in [7, 11) is 0. The average molecular weight is 435 g/mol. The zero-order valence-electron chi connectivity index (χ0n) is 15.1. The number of amides is 1. The van der Waals surface area contributed by atoms with Crippen molar-refractivity contribution in [3.8, 4) is 11.5 Å². The first-order valence-corrected chi connectivity index (χ1v) is 9.63. The molecule has 2 aliphatic heterocycles. The summed E-state index contributed by atoms with van der Waals surface area (Å²) >= 11 is 1.06. The van der Waals surface area contributed by atoms with E-state index in [2.05, 4.69) is 19.8 Å². The summed E-state index contributed by atoms with van der Waals surface area (Å²) in [6, 6.07) is 1.92. The lowest BCUT2D eigenvalue weighted by atomic mass is 9.93. The molecule has 1 saturated heterocycles. The van der Waals surface area contributed by atoms with Crippen molar-refractivity contribution in [3.05, 3.63) is 12.1 Å². The van der Waals surface area contributed by atoms with E-state index < -0.39 is 43.1 Å². The third-order valence-corrected chi connectivity index (χ3v) is 6.01. The number of aliphatic hydroxyl groups excluding tert-OH is 1. The van der Waals surface area contributed by atoms with E-state index in [1.807, 2.05) is 0 Å². The number of hydrogen-bond acceptors (Lipinski definition) is 7. The molecular weight excluding hydrogens is 418 g/mol. The summed E-state index contributed by atoms with van der Waals surface area (Å²) in [6.45, 7) is 0.837. The number of aromatic nitrogens is 1. The van der Waals surface area contributed by atoms with Crippen molar-refractivity contribution < 1.29 is 36.9 Å². The molecule has 0 bridgehead atoms. The lowest BCUT2D eigenvalue weighted by Gasteiger charge is -2.39. The second-order valence-corrected chi connectivity index (χ2v) is 8.03. The van der Waals surface area contributed by atoms with Crippen molar-refractivity contribution in [2.75, 3.05) is 25.0 Å². The number of nitrogens with zero attached hydrogens (tertiary/aromatic N) is 2. The predicted octanol–water partition coefficient (Wildman–Crippen LogP) is 2.89. The molecule has 2 aliphatic rings. The maximum atomic E-state index is 13.8. The van der Waals surface area contributed by atoms with E-state index in [1.54, 1.807) is 11.8 Å². The minimum atomic E-state index is -3.73. The zero-order chi connectivity index (χ0) is 21.0. The molecule has 0 radical (unpaired) electrons. The maximum absolute atomic E-state index is 13.8. The van der Waals surface area contributed by atoms with Crippen LogP contribution in [0.3, 0.4) is 0 Å².